The normalized spacial score (nSPS) is 10.4. The molecule has 0 unspecified atom stereocenters. The SMILES string of the molecule is O=C(/C=C/c1cccs1)NNC(=O)COc1ccc(F)cc1. The van der Waals surface area contributed by atoms with Crippen molar-refractivity contribution in [3.05, 3.63) is 58.5 Å². The van der Waals surface area contributed by atoms with Gasteiger partial charge in [0.2, 0.25) is 0 Å². The van der Waals surface area contributed by atoms with Crippen LogP contribution < -0.4 is 15.6 Å². The first-order chi connectivity index (χ1) is 10.6. The van der Waals surface area contributed by atoms with Crippen molar-refractivity contribution in [1.82, 2.24) is 10.9 Å². The molecule has 0 bridgehead atoms. The number of thiophene rings is 1. The third kappa shape index (κ3) is 5.37. The van der Waals surface area contributed by atoms with E-state index in [9.17, 15) is 14.0 Å². The van der Waals surface area contributed by atoms with E-state index in [-0.39, 0.29) is 12.4 Å². The molecule has 22 heavy (non-hydrogen) atoms. The lowest BCUT2D eigenvalue weighted by molar-refractivity contribution is -0.128. The maximum absolute atomic E-state index is 12.7. The van der Waals surface area contributed by atoms with Crippen molar-refractivity contribution in [2.75, 3.05) is 6.61 Å². The van der Waals surface area contributed by atoms with Gasteiger partial charge in [0.15, 0.2) is 6.61 Å². The summed E-state index contributed by atoms with van der Waals surface area (Å²) in [6.45, 7) is -0.291. The van der Waals surface area contributed by atoms with Gasteiger partial charge in [0.25, 0.3) is 11.8 Å². The molecule has 0 aliphatic rings. The molecule has 0 fully saturated rings. The predicted octanol–water partition coefficient (Wildman–Crippen LogP) is 2.13. The first kappa shape index (κ1) is 15.7. The van der Waals surface area contributed by atoms with Crippen molar-refractivity contribution in [1.29, 1.82) is 0 Å². The molecule has 5 nitrogen and oxygen atoms in total. The van der Waals surface area contributed by atoms with Crippen LogP contribution in [-0.2, 0) is 9.59 Å². The van der Waals surface area contributed by atoms with Gasteiger partial charge in [-0.2, -0.15) is 0 Å². The van der Waals surface area contributed by atoms with Gasteiger partial charge < -0.3 is 4.74 Å². The highest BCUT2D eigenvalue weighted by molar-refractivity contribution is 7.10. The minimum Gasteiger partial charge on any atom is -0.484 e. The minimum atomic E-state index is -0.526. The van der Waals surface area contributed by atoms with E-state index in [1.165, 1.54) is 41.7 Å². The number of benzene rings is 1. The van der Waals surface area contributed by atoms with Crippen LogP contribution in [0.25, 0.3) is 6.08 Å². The maximum Gasteiger partial charge on any atom is 0.276 e. The van der Waals surface area contributed by atoms with E-state index >= 15 is 0 Å². The molecule has 114 valence electrons. The van der Waals surface area contributed by atoms with Crippen molar-refractivity contribution in [2.45, 2.75) is 0 Å². The summed E-state index contributed by atoms with van der Waals surface area (Å²) in [4.78, 5) is 23.9. The number of hydrogen-bond donors (Lipinski definition) is 2. The molecule has 0 radical (unpaired) electrons. The average Bonchev–Trinajstić information content (AvgIpc) is 3.04. The molecular formula is C15H13FN2O3S. The summed E-state index contributed by atoms with van der Waals surface area (Å²) in [6, 6.07) is 9.01. The molecule has 0 saturated carbocycles. The number of amides is 2. The van der Waals surface area contributed by atoms with Gasteiger partial charge in [-0.15, -0.1) is 11.3 Å². The number of hydrazine groups is 1. The van der Waals surface area contributed by atoms with Crippen molar-refractivity contribution < 1.29 is 18.7 Å². The van der Waals surface area contributed by atoms with Crippen LogP contribution in [0.15, 0.2) is 47.9 Å². The van der Waals surface area contributed by atoms with E-state index in [0.29, 0.717) is 5.75 Å². The summed E-state index contributed by atoms with van der Waals surface area (Å²) in [5, 5.41) is 1.89. The van der Waals surface area contributed by atoms with E-state index in [2.05, 4.69) is 10.9 Å². The Bertz CT molecular complexity index is 654. The molecule has 0 atom stereocenters. The molecule has 0 spiro atoms. The number of hydrogen-bond acceptors (Lipinski definition) is 4. The number of carbonyl (C=O) groups excluding carboxylic acids is 2. The second-order valence-corrected chi connectivity index (χ2v) is 5.11. The van der Waals surface area contributed by atoms with E-state index in [1.54, 1.807) is 6.08 Å². The number of nitrogens with one attached hydrogen (secondary N) is 2. The van der Waals surface area contributed by atoms with Gasteiger partial charge in [-0.25, -0.2) is 4.39 Å². The van der Waals surface area contributed by atoms with Crippen LogP contribution in [0.5, 0.6) is 5.75 Å². The Morgan fingerprint density at radius 1 is 1.18 bits per heavy atom. The fourth-order valence-electron chi connectivity index (χ4n) is 1.43. The molecule has 2 amide bonds. The maximum atomic E-state index is 12.7. The molecule has 2 aromatic rings. The molecular weight excluding hydrogens is 307 g/mol. The fraction of sp³-hybridized carbons (Fsp3) is 0.0667. The molecule has 0 aliphatic heterocycles. The summed E-state index contributed by atoms with van der Waals surface area (Å²) in [6.07, 6.45) is 2.95. The smallest absolute Gasteiger partial charge is 0.276 e. The quantitative estimate of drug-likeness (QED) is 0.655. The highest BCUT2D eigenvalue weighted by atomic mass is 32.1. The van der Waals surface area contributed by atoms with E-state index in [1.807, 2.05) is 17.5 Å². The molecule has 1 heterocycles. The molecule has 1 aromatic heterocycles. The molecule has 2 rings (SSSR count). The van der Waals surface area contributed by atoms with Crippen molar-refractivity contribution in [3.63, 3.8) is 0 Å². The Labute approximate surface area is 130 Å². The molecule has 1 aromatic carbocycles. The molecule has 0 saturated heterocycles. The lowest BCUT2D eigenvalue weighted by Crippen LogP contribution is -2.43. The highest BCUT2D eigenvalue weighted by Gasteiger charge is 2.04. The minimum absolute atomic E-state index is 0.291. The van der Waals surface area contributed by atoms with Gasteiger partial charge in [-0.05, 0) is 41.8 Å². The number of halogens is 1. The van der Waals surface area contributed by atoms with Gasteiger partial charge in [-0.3, -0.25) is 20.4 Å². The van der Waals surface area contributed by atoms with E-state index < -0.39 is 11.8 Å². The molecule has 2 N–H and O–H groups in total. The van der Waals surface area contributed by atoms with Crippen molar-refractivity contribution in [2.24, 2.45) is 0 Å². The third-order valence-electron chi connectivity index (χ3n) is 2.45. The van der Waals surface area contributed by atoms with Crippen LogP contribution in [0.4, 0.5) is 4.39 Å². The van der Waals surface area contributed by atoms with Gasteiger partial charge >= 0.3 is 0 Å². The second-order valence-electron chi connectivity index (χ2n) is 4.13. The van der Waals surface area contributed by atoms with Crippen LogP contribution in [0.3, 0.4) is 0 Å². The topological polar surface area (TPSA) is 67.4 Å². The zero-order valence-corrected chi connectivity index (χ0v) is 12.2. The standard InChI is InChI=1S/C15H13FN2O3S/c16-11-3-5-12(6-4-11)21-10-15(20)18-17-14(19)8-7-13-2-1-9-22-13/h1-9H,10H2,(H,17,19)(H,18,20)/b8-7+. The van der Waals surface area contributed by atoms with Crippen LogP contribution in [-0.4, -0.2) is 18.4 Å². The van der Waals surface area contributed by atoms with E-state index in [0.717, 1.165) is 4.88 Å². The van der Waals surface area contributed by atoms with Gasteiger partial charge in [0.05, 0.1) is 0 Å². The van der Waals surface area contributed by atoms with Crippen LogP contribution in [0.1, 0.15) is 4.88 Å². The summed E-state index contributed by atoms with van der Waals surface area (Å²) in [5.41, 5.74) is 4.44. The Morgan fingerprint density at radius 3 is 2.64 bits per heavy atom. The van der Waals surface area contributed by atoms with Gasteiger partial charge in [-0.1, -0.05) is 6.07 Å². The fourth-order valence-corrected chi connectivity index (χ4v) is 2.05. The summed E-state index contributed by atoms with van der Waals surface area (Å²) in [7, 11) is 0. The Kier molecular flexibility index (Phi) is 5.67. The lowest BCUT2D eigenvalue weighted by Gasteiger charge is -2.07. The van der Waals surface area contributed by atoms with Crippen molar-refractivity contribution >= 4 is 29.2 Å². The van der Waals surface area contributed by atoms with Gasteiger partial charge in [0, 0.05) is 11.0 Å². The Hall–Kier alpha value is -2.67. The monoisotopic (exact) mass is 320 g/mol. The molecule has 7 heteroatoms. The zero-order chi connectivity index (χ0) is 15.8. The predicted molar refractivity (Wildman–Crippen MR) is 81.5 cm³/mol. The number of carbonyl (C=O) groups is 2. The third-order valence-corrected chi connectivity index (χ3v) is 3.29. The van der Waals surface area contributed by atoms with Crippen LogP contribution >= 0.6 is 11.3 Å². The summed E-state index contributed by atoms with van der Waals surface area (Å²) in [5.74, 6) is -1.01. The Morgan fingerprint density at radius 2 is 1.95 bits per heavy atom. The first-order valence-corrected chi connectivity index (χ1v) is 7.20. The average molecular weight is 320 g/mol. The second kappa shape index (κ2) is 7.94. The van der Waals surface area contributed by atoms with Crippen molar-refractivity contribution in [3.8, 4) is 5.75 Å². The summed E-state index contributed by atoms with van der Waals surface area (Å²) < 4.78 is 17.8. The largest absolute Gasteiger partial charge is 0.484 e. The summed E-state index contributed by atoms with van der Waals surface area (Å²) >= 11 is 1.50. The Balaban J connectivity index is 1.68. The van der Waals surface area contributed by atoms with Crippen LogP contribution in [0.2, 0.25) is 0 Å². The molecule has 0 aliphatic carbocycles. The number of rotatable bonds is 5. The lowest BCUT2D eigenvalue weighted by atomic mass is 10.3. The first-order valence-electron chi connectivity index (χ1n) is 6.32. The van der Waals surface area contributed by atoms with Gasteiger partial charge in [0.1, 0.15) is 11.6 Å². The highest BCUT2D eigenvalue weighted by Crippen LogP contribution is 2.11. The zero-order valence-electron chi connectivity index (χ0n) is 11.4. The van der Waals surface area contributed by atoms with E-state index in [4.69, 9.17) is 4.74 Å². The van der Waals surface area contributed by atoms with Crippen LogP contribution in [0, 0.1) is 5.82 Å². The number of ether oxygens (including phenoxy) is 1.